The lowest BCUT2D eigenvalue weighted by molar-refractivity contribution is -0.0498. The summed E-state index contributed by atoms with van der Waals surface area (Å²) in [5.41, 5.74) is 1.24. The van der Waals surface area contributed by atoms with Crippen molar-refractivity contribution in [3.05, 3.63) is 59.9 Å². The molecule has 1 aromatic heterocycles. The smallest absolute Gasteiger partial charge is 0.387 e. The van der Waals surface area contributed by atoms with Gasteiger partial charge >= 0.3 is 6.61 Å². The Bertz CT molecular complexity index is 696. The third-order valence-electron chi connectivity index (χ3n) is 2.61. The molecule has 2 rings (SSSR count). The van der Waals surface area contributed by atoms with Gasteiger partial charge in [-0.1, -0.05) is 23.7 Å². The van der Waals surface area contributed by atoms with Crippen LogP contribution >= 0.6 is 11.6 Å². The van der Waals surface area contributed by atoms with Crippen molar-refractivity contribution < 1.29 is 13.5 Å². The first-order valence-electron chi connectivity index (χ1n) is 5.87. The predicted molar refractivity (Wildman–Crippen MR) is 75.6 cm³/mol. The lowest BCUT2D eigenvalue weighted by atomic mass is 10.0. The molecule has 0 atom stereocenters. The number of hydrogen-bond donors (Lipinski definition) is 0. The van der Waals surface area contributed by atoms with E-state index < -0.39 is 6.61 Å². The third kappa shape index (κ3) is 3.77. The topological polar surface area (TPSA) is 45.9 Å². The zero-order valence-corrected chi connectivity index (χ0v) is 11.4. The van der Waals surface area contributed by atoms with E-state index in [1.807, 2.05) is 6.07 Å². The van der Waals surface area contributed by atoms with Gasteiger partial charge in [-0.05, 0) is 35.4 Å². The highest BCUT2D eigenvalue weighted by Gasteiger charge is 2.11. The standard InChI is InChI=1S/C15H9ClF2N2O/c16-14(13(9-19)10-4-6-20-7-5-10)11-2-1-3-12(8-11)21-15(17)18/h1-8,15H/b14-13+. The Balaban J connectivity index is 2.44. The van der Waals surface area contributed by atoms with Gasteiger partial charge in [-0.3, -0.25) is 4.98 Å². The van der Waals surface area contributed by atoms with Gasteiger partial charge in [-0.25, -0.2) is 0 Å². The summed E-state index contributed by atoms with van der Waals surface area (Å²) in [5.74, 6) is -0.0207. The van der Waals surface area contributed by atoms with Crippen LogP contribution in [0.3, 0.4) is 0 Å². The largest absolute Gasteiger partial charge is 0.435 e. The molecule has 3 nitrogen and oxygen atoms in total. The number of hydrogen-bond acceptors (Lipinski definition) is 3. The molecular formula is C15H9ClF2N2O. The molecule has 0 spiro atoms. The normalized spacial score (nSPS) is 11.8. The summed E-state index contributed by atoms with van der Waals surface area (Å²) in [7, 11) is 0. The lowest BCUT2D eigenvalue weighted by Crippen LogP contribution is -2.01. The molecule has 0 bridgehead atoms. The highest BCUT2D eigenvalue weighted by molar-refractivity contribution is 6.53. The maximum Gasteiger partial charge on any atom is 0.387 e. The molecule has 1 aromatic carbocycles. The van der Waals surface area contributed by atoms with Gasteiger partial charge in [0.05, 0.1) is 10.6 Å². The van der Waals surface area contributed by atoms with Gasteiger partial charge in [0.25, 0.3) is 0 Å². The van der Waals surface area contributed by atoms with E-state index >= 15 is 0 Å². The van der Waals surface area contributed by atoms with Gasteiger partial charge < -0.3 is 4.74 Å². The van der Waals surface area contributed by atoms with Crippen LogP contribution in [-0.2, 0) is 0 Å². The monoisotopic (exact) mass is 306 g/mol. The Labute approximate surface area is 125 Å². The maximum atomic E-state index is 12.2. The molecule has 6 heteroatoms. The summed E-state index contributed by atoms with van der Waals surface area (Å²) in [6.07, 6.45) is 3.07. The maximum absolute atomic E-state index is 12.2. The van der Waals surface area contributed by atoms with Crippen LogP contribution in [-0.4, -0.2) is 11.6 Å². The fourth-order valence-electron chi connectivity index (χ4n) is 1.71. The highest BCUT2D eigenvalue weighted by Crippen LogP contribution is 2.31. The minimum absolute atomic E-state index is 0.0207. The Morgan fingerprint density at radius 1 is 1.19 bits per heavy atom. The number of allylic oxidation sites excluding steroid dienone is 1. The Kier molecular flexibility index (Phi) is 4.85. The van der Waals surface area contributed by atoms with E-state index in [9.17, 15) is 14.0 Å². The first kappa shape index (κ1) is 14.9. The van der Waals surface area contributed by atoms with Crippen LogP contribution in [0.4, 0.5) is 8.78 Å². The van der Waals surface area contributed by atoms with Crippen LogP contribution in [0.5, 0.6) is 5.75 Å². The fraction of sp³-hybridized carbons (Fsp3) is 0.0667. The summed E-state index contributed by atoms with van der Waals surface area (Å²) >= 11 is 6.21. The Morgan fingerprint density at radius 2 is 1.90 bits per heavy atom. The van der Waals surface area contributed by atoms with E-state index in [1.54, 1.807) is 18.2 Å². The van der Waals surface area contributed by atoms with E-state index in [-0.39, 0.29) is 16.4 Å². The number of alkyl halides is 2. The minimum Gasteiger partial charge on any atom is -0.435 e. The van der Waals surface area contributed by atoms with Crippen molar-refractivity contribution in [2.45, 2.75) is 6.61 Å². The van der Waals surface area contributed by atoms with Crippen molar-refractivity contribution in [2.24, 2.45) is 0 Å². The van der Waals surface area contributed by atoms with Gasteiger partial charge in [0, 0.05) is 12.4 Å². The van der Waals surface area contributed by atoms with Gasteiger partial charge in [0.1, 0.15) is 11.8 Å². The quantitative estimate of drug-likeness (QED) is 0.791. The zero-order chi connectivity index (χ0) is 15.2. The Hall–Kier alpha value is -2.45. The summed E-state index contributed by atoms with van der Waals surface area (Å²) in [6, 6.07) is 11.2. The molecule has 0 aliphatic rings. The molecule has 21 heavy (non-hydrogen) atoms. The van der Waals surface area contributed by atoms with Crippen LogP contribution in [0, 0.1) is 11.3 Å². The molecule has 0 fully saturated rings. The minimum atomic E-state index is -2.92. The fourth-order valence-corrected chi connectivity index (χ4v) is 1.98. The van der Waals surface area contributed by atoms with Crippen LogP contribution < -0.4 is 4.74 Å². The van der Waals surface area contributed by atoms with Crippen molar-refractivity contribution in [3.63, 3.8) is 0 Å². The molecule has 0 aliphatic heterocycles. The van der Waals surface area contributed by atoms with Crippen molar-refractivity contribution >= 4 is 22.2 Å². The summed E-state index contributed by atoms with van der Waals surface area (Å²) in [6.45, 7) is -2.92. The van der Waals surface area contributed by atoms with Crippen molar-refractivity contribution in [1.29, 1.82) is 5.26 Å². The summed E-state index contributed by atoms with van der Waals surface area (Å²) in [5, 5.41) is 9.42. The average Bonchev–Trinajstić information content (AvgIpc) is 2.48. The van der Waals surface area contributed by atoms with Crippen molar-refractivity contribution in [3.8, 4) is 11.8 Å². The average molecular weight is 307 g/mol. The second-order valence-electron chi connectivity index (χ2n) is 3.94. The van der Waals surface area contributed by atoms with Crippen molar-refractivity contribution in [1.82, 2.24) is 4.98 Å². The molecule has 0 unspecified atom stereocenters. The molecule has 106 valence electrons. The SMILES string of the molecule is N#C/C(=C(\Cl)c1cccc(OC(F)F)c1)c1ccncc1. The number of nitriles is 1. The van der Waals surface area contributed by atoms with E-state index in [4.69, 9.17) is 11.6 Å². The number of rotatable bonds is 4. The molecule has 0 aliphatic carbocycles. The van der Waals surface area contributed by atoms with Crippen LogP contribution in [0.15, 0.2) is 48.8 Å². The molecule has 0 saturated carbocycles. The predicted octanol–water partition coefficient (Wildman–Crippen LogP) is 4.31. The number of benzene rings is 1. The molecule has 0 radical (unpaired) electrons. The molecule has 0 saturated heterocycles. The second-order valence-corrected chi connectivity index (χ2v) is 4.32. The molecule has 2 aromatic rings. The summed E-state index contributed by atoms with van der Waals surface area (Å²) < 4.78 is 28.7. The zero-order valence-electron chi connectivity index (χ0n) is 10.6. The van der Waals surface area contributed by atoms with Crippen molar-refractivity contribution in [2.75, 3.05) is 0 Å². The first-order valence-corrected chi connectivity index (χ1v) is 6.25. The van der Waals surface area contributed by atoms with Gasteiger partial charge in [-0.15, -0.1) is 0 Å². The number of aromatic nitrogens is 1. The molecule has 0 N–H and O–H groups in total. The first-order chi connectivity index (χ1) is 10.1. The van der Waals surface area contributed by atoms with Crippen LogP contribution in [0.25, 0.3) is 10.6 Å². The number of nitrogens with zero attached hydrogens (tertiary/aromatic N) is 2. The van der Waals surface area contributed by atoms with E-state index in [2.05, 4.69) is 9.72 Å². The molecule has 0 amide bonds. The number of ether oxygens (including phenoxy) is 1. The van der Waals surface area contributed by atoms with Crippen LogP contribution in [0.2, 0.25) is 0 Å². The van der Waals surface area contributed by atoms with Crippen LogP contribution in [0.1, 0.15) is 11.1 Å². The third-order valence-corrected chi connectivity index (χ3v) is 3.02. The van der Waals surface area contributed by atoms with Gasteiger partial charge in [0.15, 0.2) is 0 Å². The number of pyridine rings is 1. The molecular weight excluding hydrogens is 298 g/mol. The van der Waals surface area contributed by atoms with Gasteiger partial charge in [0.2, 0.25) is 0 Å². The second kappa shape index (κ2) is 6.82. The van der Waals surface area contributed by atoms with E-state index in [1.165, 1.54) is 30.6 Å². The number of halogens is 3. The lowest BCUT2D eigenvalue weighted by Gasteiger charge is -2.08. The van der Waals surface area contributed by atoms with Gasteiger partial charge in [-0.2, -0.15) is 14.0 Å². The molecule has 1 heterocycles. The highest BCUT2D eigenvalue weighted by atomic mass is 35.5. The van der Waals surface area contributed by atoms with E-state index in [0.717, 1.165) is 0 Å². The van der Waals surface area contributed by atoms with E-state index in [0.29, 0.717) is 11.1 Å². The Morgan fingerprint density at radius 3 is 2.52 bits per heavy atom. The summed E-state index contributed by atoms with van der Waals surface area (Å²) in [4.78, 5) is 3.86.